The molecule has 1 aromatic carbocycles. The quantitative estimate of drug-likeness (QED) is 0.605. The molecular formula is C24H35NO6. The predicted molar refractivity (Wildman–Crippen MR) is 116 cm³/mol. The highest BCUT2D eigenvalue weighted by Gasteiger charge is 2.40. The number of amides is 1. The fourth-order valence-corrected chi connectivity index (χ4v) is 3.84. The van der Waals surface area contributed by atoms with Gasteiger partial charge in [0.2, 0.25) is 6.79 Å². The minimum Gasteiger partial charge on any atom is -0.455 e. The number of ether oxygens (including phenoxy) is 4. The Kier molecular flexibility index (Phi) is 7.02. The maximum atomic E-state index is 12.7. The smallest absolute Gasteiger partial charge is 0.409 e. The summed E-state index contributed by atoms with van der Waals surface area (Å²) in [6.07, 6.45) is 4.72. The minimum absolute atomic E-state index is 0.0766. The fraction of sp³-hybridized carbons (Fsp3) is 0.667. The predicted octanol–water partition coefficient (Wildman–Crippen LogP) is 4.71. The molecule has 1 aliphatic heterocycles. The summed E-state index contributed by atoms with van der Waals surface area (Å²) < 4.78 is 22.4. The van der Waals surface area contributed by atoms with E-state index in [9.17, 15) is 9.59 Å². The number of rotatable bonds is 6. The largest absolute Gasteiger partial charge is 0.455 e. The Morgan fingerprint density at radius 3 is 2.48 bits per heavy atom. The lowest BCUT2D eigenvalue weighted by atomic mass is 9.84. The van der Waals surface area contributed by atoms with E-state index in [2.05, 4.69) is 0 Å². The van der Waals surface area contributed by atoms with Gasteiger partial charge in [-0.05, 0) is 77.5 Å². The molecule has 1 aromatic rings. The Balaban J connectivity index is 1.57. The molecule has 0 bridgehead atoms. The third-order valence-corrected chi connectivity index (χ3v) is 6.06. The van der Waals surface area contributed by atoms with Crippen molar-refractivity contribution in [3.8, 4) is 11.5 Å². The first kappa shape index (κ1) is 23.2. The van der Waals surface area contributed by atoms with Crippen LogP contribution in [0.3, 0.4) is 0 Å². The molecule has 0 saturated heterocycles. The van der Waals surface area contributed by atoms with Crippen LogP contribution in [0.15, 0.2) is 18.2 Å². The van der Waals surface area contributed by atoms with Crippen LogP contribution in [0, 0.1) is 5.41 Å². The lowest BCUT2D eigenvalue weighted by Crippen LogP contribution is -2.46. The lowest BCUT2D eigenvalue weighted by molar-refractivity contribution is -0.178. The minimum atomic E-state index is -0.723. The average molecular weight is 434 g/mol. The van der Waals surface area contributed by atoms with Gasteiger partial charge in [-0.25, -0.2) is 4.79 Å². The van der Waals surface area contributed by atoms with Crippen LogP contribution in [0.25, 0.3) is 0 Å². The summed E-state index contributed by atoms with van der Waals surface area (Å²) in [5, 5.41) is 0. The molecule has 1 fully saturated rings. The van der Waals surface area contributed by atoms with E-state index >= 15 is 0 Å². The van der Waals surface area contributed by atoms with Gasteiger partial charge in [-0.15, -0.1) is 0 Å². The van der Waals surface area contributed by atoms with Gasteiger partial charge in [-0.3, -0.25) is 4.79 Å². The van der Waals surface area contributed by atoms with E-state index in [-0.39, 0.29) is 25.4 Å². The summed E-state index contributed by atoms with van der Waals surface area (Å²) in [6.45, 7) is 7.81. The van der Waals surface area contributed by atoms with E-state index in [0.717, 1.165) is 49.2 Å². The van der Waals surface area contributed by atoms with Crippen LogP contribution in [0.2, 0.25) is 0 Å². The second kappa shape index (κ2) is 9.37. The molecule has 0 spiro atoms. The normalized spacial score (nSPS) is 18.2. The van der Waals surface area contributed by atoms with Crippen LogP contribution in [0.5, 0.6) is 11.5 Å². The summed E-state index contributed by atoms with van der Waals surface area (Å²) in [6, 6.07) is 5.74. The Morgan fingerprint density at radius 1 is 1.13 bits per heavy atom. The second-order valence-electron chi connectivity index (χ2n) is 9.79. The molecule has 1 heterocycles. The Bertz CT molecular complexity index is 794. The van der Waals surface area contributed by atoms with E-state index in [4.69, 9.17) is 18.9 Å². The zero-order valence-corrected chi connectivity index (χ0v) is 19.4. The Hall–Kier alpha value is -2.44. The van der Waals surface area contributed by atoms with Crippen LogP contribution >= 0.6 is 0 Å². The van der Waals surface area contributed by atoms with Crippen molar-refractivity contribution in [2.45, 2.75) is 77.9 Å². The van der Waals surface area contributed by atoms with E-state index in [1.54, 1.807) is 11.9 Å². The number of nitrogens with zero attached hydrogens (tertiary/aromatic N) is 1. The summed E-state index contributed by atoms with van der Waals surface area (Å²) in [7, 11) is 1.73. The molecule has 7 heteroatoms. The molecule has 3 rings (SSSR count). The maximum Gasteiger partial charge on any atom is 0.409 e. The molecular weight excluding hydrogens is 398 g/mol. The highest BCUT2D eigenvalue weighted by molar-refractivity contribution is 5.76. The lowest BCUT2D eigenvalue weighted by Gasteiger charge is -2.38. The number of esters is 1. The summed E-state index contributed by atoms with van der Waals surface area (Å²) in [5.74, 6) is 1.22. The monoisotopic (exact) mass is 433 g/mol. The van der Waals surface area contributed by atoms with Gasteiger partial charge in [0.1, 0.15) is 12.2 Å². The first-order valence-corrected chi connectivity index (χ1v) is 11.1. The molecule has 1 unspecified atom stereocenters. The second-order valence-corrected chi connectivity index (χ2v) is 9.79. The number of hydrogen-bond acceptors (Lipinski definition) is 6. The number of benzene rings is 1. The number of likely N-dealkylation sites (N-methyl/N-ethyl adjacent to an activating group) is 1. The standard InChI is InChI=1S/C24H35NO6/c1-17(13-18-9-10-19-20(14-18)30-16-29-19)25(5)22(27)28-15-24(11-7-6-8-12-24)31-21(26)23(2,3)4/h9-10,14,17H,6-8,11-13,15-16H2,1-5H3. The van der Waals surface area contributed by atoms with Crippen LogP contribution in [-0.2, 0) is 20.7 Å². The van der Waals surface area contributed by atoms with Crippen molar-refractivity contribution in [1.29, 1.82) is 0 Å². The Morgan fingerprint density at radius 2 is 1.81 bits per heavy atom. The topological polar surface area (TPSA) is 74.3 Å². The van der Waals surface area contributed by atoms with Crippen molar-refractivity contribution in [3.05, 3.63) is 23.8 Å². The van der Waals surface area contributed by atoms with Crippen LogP contribution in [0.1, 0.15) is 65.4 Å². The molecule has 1 atom stereocenters. The number of fused-ring (bicyclic) bond motifs is 1. The first-order valence-electron chi connectivity index (χ1n) is 11.1. The van der Waals surface area contributed by atoms with Gasteiger partial charge in [0.05, 0.1) is 5.41 Å². The molecule has 1 saturated carbocycles. The highest BCUT2D eigenvalue weighted by Crippen LogP contribution is 2.35. The molecule has 31 heavy (non-hydrogen) atoms. The molecule has 1 aliphatic carbocycles. The summed E-state index contributed by atoms with van der Waals surface area (Å²) in [4.78, 5) is 26.9. The van der Waals surface area contributed by atoms with Crippen molar-refractivity contribution >= 4 is 12.1 Å². The zero-order valence-electron chi connectivity index (χ0n) is 19.4. The van der Waals surface area contributed by atoms with Gasteiger partial charge in [-0.1, -0.05) is 12.5 Å². The molecule has 0 N–H and O–H groups in total. The van der Waals surface area contributed by atoms with E-state index in [1.165, 1.54) is 0 Å². The molecule has 172 valence electrons. The third-order valence-electron chi connectivity index (χ3n) is 6.06. The van der Waals surface area contributed by atoms with Crippen molar-refractivity contribution in [2.24, 2.45) is 5.41 Å². The first-order chi connectivity index (χ1) is 14.6. The van der Waals surface area contributed by atoms with Crippen molar-refractivity contribution in [2.75, 3.05) is 20.4 Å². The van der Waals surface area contributed by atoms with E-state index in [1.807, 2.05) is 45.9 Å². The number of hydrogen-bond donors (Lipinski definition) is 0. The molecule has 0 radical (unpaired) electrons. The molecule has 0 aromatic heterocycles. The van der Waals surface area contributed by atoms with Crippen molar-refractivity contribution in [3.63, 3.8) is 0 Å². The Labute approximate surface area is 185 Å². The number of carbonyl (C=O) groups excluding carboxylic acids is 2. The van der Waals surface area contributed by atoms with Crippen LogP contribution in [0.4, 0.5) is 4.79 Å². The third kappa shape index (κ3) is 5.83. The molecule has 2 aliphatic rings. The van der Waals surface area contributed by atoms with Crippen molar-refractivity contribution in [1.82, 2.24) is 4.90 Å². The van der Waals surface area contributed by atoms with Gasteiger partial charge in [0.25, 0.3) is 0 Å². The van der Waals surface area contributed by atoms with Gasteiger partial charge in [-0.2, -0.15) is 0 Å². The zero-order chi connectivity index (χ0) is 22.6. The van der Waals surface area contributed by atoms with Gasteiger partial charge in [0.15, 0.2) is 11.5 Å². The molecule has 1 amide bonds. The maximum absolute atomic E-state index is 12.7. The number of carbonyl (C=O) groups is 2. The van der Waals surface area contributed by atoms with Gasteiger partial charge >= 0.3 is 12.1 Å². The average Bonchev–Trinajstić information content (AvgIpc) is 3.19. The van der Waals surface area contributed by atoms with Gasteiger partial charge < -0.3 is 23.8 Å². The van der Waals surface area contributed by atoms with Crippen LogP contribution in [-0.4, -0.2) is 49.1 Å². The SMILES string of the molecule is CC(Cc1ccc2c(c1)OCO2)N(C)C(=O)OCC1(OC(=O)C(C)(C)C)CCCCC1. The fourth-order valence-electron chi connectivity index (χ4n) is 3.84. The summed E-state index contributed by atoms with van der Waals surface area (Å²) >= 11 is 0. The summed E-state index contributed by atoms with van der Waals surface area (Å²) in [5.41, 5.74) is -0.261. The van der Waals surface area contributed by atoms with Gasteiger partial charge in [0, 0.05) is 13.1 Å². The van der Waals surface area contributed by atoms with E-state index in [0.29, 0.717) is 6.42 Å². The highest BCUT2D eigenvalue weighted by atomic mass is 16.7. The van der Waals surface area contributed by atoms with Crippen molar-refractivity contribution < 1.29 is 28.5 Å². The van der Waals surface area contributed by atoms with Crippen LogP contribution < -0.4 is 9.47 Å². The molecule has 7 nitrogen and oxygen atoms in total. The van der Waals surface area contributed by atoms with E-state index < -0.39 is 17.1 Å².